The Morgan fingerprint density at radius 3 is 2.76 bits per heavy atom. The van der Waals surface area contributed by atoms with Crippen LogP contribution in [0.1, 0.15) is 35.1 Å². The van der Waals surface area contributed by atoms with Gasteiger partial charge in [-0.15, -0.1) is 0 Å². The molecule has 0 saturated carbocycles. The van der Waals surface area contributed by atoms with Crippen LogP contribution in [-0.2, 0) is 0 Å². The Morgan fingerprint density at radius 2 is 1.95 bits per heavy atom. The van der Waals surface area contributed by atoms with Gasteiger partial charge in [0.25, 0.3) is 0 Å². The van der Waals surface area contributed by atoms with Crippen molar-refractivity contribution >= 4 is 28.3 Å². The largest absolute Gasteiger partial charge is 0.377 e. The highest BCUT2D eigenvalue weighted by Gasteiger charge is 2.38. The average Bonchev–Trinajstić information content (AvgIpc) is 2.97. The lowest BCUT2D eigenvalue weighted by Crippen LogP contribution is -2.29. The zero-order valence-electron chi connectivity index (χ0n) is 12.0. The number of aryl methyl sites for hydroxylation is 1. The first-order valence-corrected chi connectivity index (χ1v) is 8.60. The number of anilines is 1. The summed E-state index contributed by atoms with van der Waals surface area (Å²) in [4.78, 5) is 0. The minimum absolute atomic E-state index is 0.414. The van der Waals surface area contributed by atoms with Gasteiger partial charge in [0, 0.05) is 15.2 Å². The minimum atomic E-state index is 0.414. The number of fused-ring (bicyclic) bond motifs is 3. The van der Waals surface area contributed by atoms with E-state index in [1.165, 1.54) is 32.4 Å². The molecule has 0 amide bonds. The first kappa shape index (κ1) is 13.4. The number of allylic oxidation sites excluding steroid dienone is 2. The van der Waals surface area contributed by atoms with Crippen LogP contribution < -0.4 is 5.32 Å². The van der Waals surface area contributed by atoms with Gasteiger partial charge in [-0.2, -0.15) is 0 Å². The third-order valence-electron chi connectivity index (χ3n) is 4.79. The maximum Gasteiger partial charge on any atom is 0.0554 e. The van der Waals surface area contributed by atoms with Crippen LogP contribution in [0.25, 0.3) is 0 Å². The van der Waals surface area contributed by atoms with Crippen LogP contribution in [0.5, 0.6) is 0 Å². The molecule has 3 atom stereocenters. The molecule has 0 fully saturated rings. The summed E-state index contributed by atoms with van der Waals surface area (Å²) in [6, 6.07) is 15.9. The molecule has 4 rings (SSSR count). The van der Waals surface area contributed by atoms with E-state index in [1.54, 1.807) is 0 Å². The van der Waals surface area contributed by atoms with Crippen LogP contribution in [0.2, 0.25) is 0 Å². The number of halogens is 1. The van der Waals surface area contributed by atoms with Gasteiger partial charge >= 0.3 is 0 Å². The molecule has 3 unspecified atom stereocenters. The maximum atomic E-state index is 3.84. The van der Waals surface area contributed by atoms with E-state index < -0.39 is 0 Å². The van der Waals surface area contributed by atoms with Crippen molar-refractivity contribution in [3.05, 3.63) is 74.9 Å². The summed E-state index contributed by atoms with van der Waals surface area (Å²) >= 11 is 2.43. The average molecular weight is 387 g/mol. The third-order valence-corrected chi connectivity index (χ3v) is 5.41. The van der Waals surface area contributed by atoms with E-state index in [2.05, 4.69) is 89.4 Å². The molecule has 1 aliphatic carbocycles. The van der Waals surface area contributed by atoms with Gasteiger partial charge in [-0.25, -0.2) is 0 Å². The molecule has 0 aromatic heterocycles. The first-order valence-electron chi connectivity index (χ1n) is 7.52. The Kier molecular flexibility index (Phi) is 3.29. The summed E-state index contributed by atoms with van der Waals surface area (Å²) in [6.45, 7) is 2.22. The molecule has 2 heteroatoms. The first-order chi connectivity index (χ1) is 10.2. The van der Waals surface area contributed by atoms with E-state index >= 15 is 0 Å². The van der Waals surface area contributed by atoms with Gasteiger partial charge in [-0.1, -0.05) is 42.5 Å². The van der Waals surface area contributed by atoms with E-state index in [0.29, 0.717) is 17.9 Å². The van der Waals surface area contributed by atoms with Crippen molar-refractivity contribution in [1.29, 1.82) is 0 Å². The Hall–Kier alpha value is -1.29. The Morgan fingerprint density at radius 1 is 1.14 bits per heavy atom. The minimum Gasteiger partial charge on any atom is -0.377 e. The second-order valence-electron chi connectivity index (χ2n) is 6.07. The lowest BCUT2D eigenvalue weighted by molar-refractivity contribution is 0.425. The lowest BCUT2D eigenvalue weighted by atomic mass is 9.76. The molecule has 106 valence electrons. The van der Waals surface area contributed by atoms with Crippen LogP contribution >= 0.6 is 22.6 Å². The SMILES string of the molecule is Cc1cc(I)cc2c1NC(c1ccccc1)C1CC=CC21. The van der Waals surface area contributed by atoms with Crippen molar-refractivity contribution in [3.63, 3.8) is 0 Å². The van der Waals surface area contributed by atoms with Gasteiger partial charge in [0.1, 0.15) is 0 Å². The second-order valence-corrected chi connectivity index (χ2v) is 7.32. The van der Waals surface area contributed by atoms with Crippen LogP contribution in [0.3, 0.4) is 0 Å². The van der Waals surface area contributed by atoms with Gasteiger partial charge in [0.15, 0.2) is 0 Å². The molecule has 0 radical (unpaired) electrons. The van der Waals surface area contributed by atoms with Gasteiger partial charge < -0.3 is 5.32 Å². The molecule has 21 heavy (non-hydrogen) atoms. The van der Waals surface area contributed by atoms with Crippen LogP contribution in [0.15, 0.2) is 54.6 Å². The Labute approximate surface area is 139 Å². The van der Waals surface area contributed by atoms with Crippen molar-refractivity contribution in [2.75, 3.05) is 5.32 Å². The molecule has 1 heterocycles. The molecule has 0 bridgehead atoms. The molecule has 0 spiro atoms. The molecule has 1 aliphatic heterocycles. The third kappa shape index (κ3) is 2.20. The molecule has 1 nitrogen and oxygen atoms in total. The molecular formula is C19H18IN. The number of rotatable bonds is 1. The predicted molar refractivity (Wildman–Crippen MR) is 96.7 cm³/mol. The highest BCUT2D eigenvalue weighted by molar-refractivity contribution is 14.1. The summed E-state index contributed by atoms with van der Waals surface area (Å²) in [5.41, 5.74) is 5.58. The zero-order valence-corrected chi connectivity index (χ0v) is 14.2. The van der Waals surface area contributed by atoms with Gasteiger partial charge in [0.05, 0.1) is 6.04 Å². The quantitative estimate of drug-likeness (QED) is 0.509. The highest BCUT2D eigenvalue weighted by atomic mass is 127. The molecular weight excluding hydrogens is 369 g/mol. The Balaban J connectivity index is 1.84. The van der Waals surface area contributed by atoms with Crippen molar-refractivity contribution < 1.29 is 0 Å². The van der Waals surface area contributed by atoms with E-state index in [9.17, 15) is 0 Å². The fourth-order valence-electron chi connectivity index (χ4n) is 3.83. The fraction of sp³-hybridized carbons (Fsp3) is 0.263. The highest BCUT2D eigenvalue weighted by Crippen LogP contribution is 2.50. The van der Waals surface area contributed by atoms with E-state index in [4.69, 9.17) is 0 Å². The Bertz CT molecular complexity index is 705. The van der Waals surface area contributed by atoms with Crippen molar-refractivity contribution in [1.82, 2.24) is 0 Å². The molecule has 2 aliphatic rings. The monoisotopic (exact) mass is 387 g/mol. The van der Waals surface area contributed by atoms with E-state index in [-0.39, 0.29) is 0 Å². The smallest absolute Gasteiger partial charge is 0.0554 e. The fourth-order valence-corrected chi connectivity index (χ4v) is 4.63. The summed E-state index contributed by atoms with van der Waals surface area (Å²) in [7, 11) is 0. The number of hydrogen-bond donors (Lipinski definition) is 1. The van der Waals surface area contributed by atoms with Gasteiger partial charge in [-0.3, -0.25) is 0 Å². The topological polar surface area (TPSA) is 12.0 Å². The van der Waals surface area contributed by atoms with Gasteiger partial charge in [-0.05, 0) is 70.7 Å². The molecule has 2 aromatic carbocycles. The van der Waals surface area contributed by atoms with Crippen LogP contribution in [0, 0.1) is 16.4 Å². The molecule has 2 aromatic rings. The number of hydrogen-bond acceptors (Lipinski definition) is 1. The van der Waals surface area contributed by atoms with Gasteiger partial charge in [0.2, 0.25) is 0 Å². The summed E-state index contributed by atoms with van der Waals surface area (Å²) in [6.07, 6.45) is 5.94. The molecule has 0 saturated heterocycles. The second kappa shape index (κ2) is 5.16. The molecule has 1 N–H and O–H groups in total. The lowest BCUT2D eigenvalue weighted by Gasteiger charge is -2.38. The van der Waals surface area contributed by atoms with Crippen molar-refractivity contribution in [2.24, 2.45) is 5.92 Å². The summed E-state index contributed by atoms with van der Waals surface area (Å²) in [5.74, 6) is 1.19. The zero-order chi connectivity index (χ0) is 14.4. The van der Waals surface area contributed by atoms with E-state index in [0.717, 1.165) is 0 Å². The number of benzene rings is 2. The van der Waals surface area contributed by atoms with Crippen LogP contribution in [0.4, 0.5) is 5.69 Å². The standard InChI is InChI=1S/C19H18IN/c1-12-10-14(20)11-17-15-8-5-9-16(15)19(21-18(12)17)13-6-3-2-4-7-13/h2-8,10-11,15-16,19,21H,9H2,1H3. The van der Waals surface area contributed by atoms with Crippen LogP contribution in [-0.4, -0.2) is 0 Å². The maximum absolute atomic E-state index is 3.84. The van der Waals surface area contributed by atoms with Crippen molar-refractivity contribution in [2.45, 2.75) is 25.3 Å². The van der Waals surface area contributed by atoms with E-state index in [1.807, 2.05) is 0 Å². The summed E-state index contributed by atoms with van der Waals surface area (Å²) < 4.78 is 1.34. The summed E-state index contributed by atoms with van der Waals surface area (Å²) in [5, 5.41) is 3.84. The number of nitrogens with one attached hydrogen (secondary N) is 1. The normalized spacial score (nSPS) is 26.1. The predicted octanol–water partition coefficient (Wildman–Crippen LogP) is 5.43. The van der Waals surface area contributed by atoms with Crippen molar-refractivity contribution in [3.8, 4) is 0 Å².